The van der Waals surface area contributed by atoms with E-state index in [0.717, 1.165) is 17.7 Å². The monoisotopic (exact) mass is 629 g/mol. The molecule has 1 unspecified atom stereocenters. The summed E-state index contributed by atoms with van der Waals surface area (Å²) in [6.07, 6.45) is 4.54. The maximum atomic E-state index is 12.8. The molecule has 6 atom stereocenters. The van der Waals surface area contributed by atoms with Crippen molar-refractivity contribution in [2.75, 3.05) is 24.8 Å². The van der Waals surface area contributed by atoms with Gasteiger partial charge in [-0.1, -0.05) is 32.4 Å². The number of amides is 4. The maximum Gasteiger partial charge on any atom is 0.321 e. The number of ether oxygens (including phenoxy) is 3. The number of Topliss-reactive ketones (excluding diaryl/α,β-unsaturated/α-hetero) is 1. The Balaban J connectivity index is 1.23. The van der Waals surface area contributed by atoms with Crippen LogP contribution in [0.1, 0.15) is 73.6 Å². The Kier molecular flexibility index (Phi) is 10.7. The summed E-state index contributed by atoms with van der Waals surface area (Å²) in [5.41, 5.74) is 0.688. The summed E-state index contributed by atoms with van der Waals surface area (Å²) in [5.74, 6) is -0.601. The summed E-state index contributed by atoms with van der Waals surface area (Å²) in [6, 6.07) is 6.22. The molecule has 1 spiro atoms. The van der Waals surface area contributed by atoms with Crippen molar-refractivity contribution in [2.45, 2.75) is 108 Å². The van der Waals surface area contributed by atoms with Crippen LogP contribution in [0.25, 0.3) is 0 Å². The summed E-state index contributed by atoms with van der Waals surface area (Å²) in [6.45, 7) is 12.4. The number of nitrogens with one attached hydrogen (secondary N) is 3. The predicted molar refractivity (Wildman–Crippen MR) is 169 cm³/mol. The highest BCUT2D eigenvalue weighted by molar-refractivity contribution is 8.00. The quantitative estimate of drug-likeness (QED) is 0.167. The van der Waals surface area contributed by atoms with E-state index >= 15 is 0 Å². The van der Waals surface area contributed by atoms with Crippen molar-refractivity contribution in [2.24, 2.45) is 11.3 Å². The topological polar surface area (TPSA) is 139 Å². The molecular formula is C33H47N3O7S. The number of rotatable bonds is 12. The molecule has 1 saturated carbocycles. The third-order valence-electron chi connectivity index (χ3n) is 8.79. The Morgan fingerprint density at radius 3 is 2.36 bits per heavy atom. The summed E-state index contributed by atoms with van der Waals surface area (Å²) in [7, 11) is 1.65. The van der Waals surface area contributed by atoms with E-state index in [9.17, 15) is 19.2 Å². The highest BCUT2D eigenvalue weighted by Gasteiger charge is 2.71. The molecule has 3 fully saturated rings. The molecule has 2 saturated heterocycles. The highest BCUT2D eigenvalue weighted by Crippen LogP contribution is 2.59. The first kappa shape index (κ1) is 34.1. The molecule has 10 nitrogen and oxygen atoms in total. The lowest BCUT2D eigenvalue weighted by Gasteiger charge is -2.43. The SMILES string of the molecule is CO[C@H]1[C@H](C2(C)O[C@@H]2CC=C(C)C)[C@]2(CC[C@H]1NC(=O)NC(=O)CSc1ccc(NC(=O)CCC(=O)C(C)(C)C)cc1)CO2. The van der Waals surface area contributed by atoms with E-state index < -0.39 is 23.0 Å². The van der Waals surface area contributed by atoms with Gasteiger partial charge in [-0.2, -0.15) is 0 Å². The van der Waals surface area contributed by atoms with Crippen LogP contribution in [0, 0.1) is 11.3 Å². The van der Waals surface area contributed by atoms with Crippen molar-refractivity contribution in [3.05, 3.63) is 35.9 Å². The first-order valence-corrected chi connectivity index (χ1v) is 16.3. The molecule has 4 amide bonds. The number of methoxy groups -OCH3 is 1. The molecule has 2 heterocycles. The molecule has 44 heavy (non-hydrogen) atoms. The number of allylic oxidation sites excluding steroid dienone is 1. The van der Waals surface area contributed by atoms with Crippen LogP contribution in [-0.4, -0.2) is 72.6 Å². The van der Waals surface area contributed by atoms with Crippen LogP contribution in [0.4, 0.5) is 10.5 Å². The fraction of sp³-hybridized carbons (Fsp3) is 0.636. The molecule has 0 bridgehead atoms. The van der Waals surface area contributed by atoms with Gasteiger partial charge in [0.1, 0.15) is 11.4 Å². The van der Waals surface area contributed by atoms with Gasteiger partial charge in [-0.15, -0.1) is 11.8 Å². The van der Waals surface area contributed by atoms with Gasteiger partial charge in [0.2, 0.25) is 11.8 Å². The number of carbonyl (C=O) groups is 4. The fourth-order valence-corrected chi connectivity index (χ4v) is 6.82. The summed E-state index contributed by atoms with van der Waals surface area (Å²) in [5, 5.41) is 8.20. The van der Waals surface area contributed by atoms with Crippen molar-refractivity contribution in [3.8, 4) is 0 Å². The molecule has 1 aromatic carbocycles. The minimum absolute atomic E-state index is 0.0418. The average Bonchev–Trinajstić information content (AvgIpc) is 3.87. The molecule has 4 rings (SSSR count). The second-order valence-corrected chi connectivity index (χ2v) is 14.6. The van der Waals surface area contributed by atoms with Crippen LogP contribution in [0.2, 0.25) is 0 Å². The summed E-state index contributed by atoms with van der Waals surface area (Å²) in [4.78, 5) is 50.5. The van der Waals surface area contributed by atoms with Crippen molar-refractivity contribution >= 4 is 41.1 Å². The van der Waals surface area contributed by atoms with Crippen molar-refractivity contribution in [1.82, 2.24) is 10.6 Å². The normalized spacial score (nSPS) is 29.0. The van der Waals surface area contributed by atoms with Gasteiger partial charge in [0.25, 0.3) is 0 Å². The average molecular weight is 630 g/mol. The van der Waals surface area contributed by atoms with E-state index in [-0.39, 0.29) is 60.1 Å². The number of hydrogen-bond donors (Lipinski definition) is 3. The van der Waals surface area contributed by atoms with Crippen LogP contribution >= 0.6 is 11.8 Å². The number of imide groups is 1. The number of urea groups is 1. The number of anilines is 1. The number of carbonyl (C=O) groups excluding carboxylic acids is 4. The van der Waals surface area contributed by atoms with E-state index in [1.807, 2.05) is 20.8 Å². The molecule has 0 radical (unpaired) electrons. The number of epoxide rings is 2. The largest absolute Gasteiger partial charge is 0.379 e. The van der Waals surface area contributed by atoms with Gasteiger partial charge in [0.05, 0.1) is 36.2 Å². The summed E-state index contributed by atoms with van der Waals surface area (Å²) >= 11 is 1.28. The first-order valence-electron chi connectivity index (χ1n) is 15.3. The molecule has 1 aliphatic carbocycles. The third-order valence-corrected chi connectivity index (χ3v) is 9.80. The number of hydrogen-bond acceptors (Lipinski definition) is 8. The molecule has 3 N–H and O–H groups in total. The van der Waals surface area contributed by atoms with Crippen molar-refractivity contribution in [1.29, 1.82) is 0 Å². The molecule has 1 aromatic rings. The molecule has 3 aliphatic rings. The Morgan fingerprint density at radius 1 is 1.09 bits per heavy atom. The first-order chi connectivity index (χ1) is 20.7. The molecule has 242 valence electrons. The van der Waals surface area contributed by atoms with Gasteiger partial charge in [0.15, 0.2) is 0 Å². The molecule has 2 aliphatic heterocycles. The lowest BCUT2D eigenvalue weighted by atomic mass is 9.67. The van der Waals surface area contributed by atoms with Gasteiger partial charge >= 0.3 is 6.03 Å². The predicted octanol–water partition coefficient (Wildman–Crippen LogP) is 5.01. The van der Waals surface area contributed by atoms with Gasteiger partial charge in [-0.05, 0) is 64.3 Å². The van der Waals surface area contributed by atoms with Crippen LogP contribution in [-0.2, 0) is 28.6 Å². The van der Waals surface area contributed by atoms with Gasteiger partial charge in [-0.25, -0.2) is 4.79 Å². The Labute approximate surface area is 264 Å². The lowest BCUT2D eigenvalue weighted by Crippen LogP contribution is -2.60. The lowest BCUT2D eigenvalue weighted by molar-refractivity contribution is -0.128. The Hall–Kier alpha value is -2.73. The van der Waals surface area contributed by atoms with E-state index in [2.05, 4.69) is 42.8 Å². The third kappa shape index (κ3) is 8.50. The smallest absolute Gasteiger partial charge is 0.321 e. The zero-order valence-corrected chi connectivity index (χ0v) is 27.7. The van der Waals surface area contributed by atoms with E-state index in [1.54, 1.807) is 31.4 Å². The molecule has 0 aromatic heterocycles. The minimum atomic E-state index is -0.556. The standard InChI is InChI=1S/C33H47N3O7S/c1-20(2)8-14-25-32(6,43-25)29-28(41-7)23(16-17-33(29)19-42-33)35-30(40)36-27(39)18-44-22-11-9-21(10-12-22)34-26(38)15-13-24(37)31(3,4)5/h8-12,23,25,28-29H,13-19H2,1-7H3,(H,34,38)(H2,35,36,39,40)/t23-,25-,28-,29-,32?,33+/m1/s1. The van der Waals surface area contributed by atoms with Crippen LogP contribution in [0.15, 0.2) is 40.8 Å². The van der Waals surface area contributed by atoms with E-state index in [0.29, 0.717) is 18.7 Å². The Bertz CT molecular complexity index is 1270. The zero-order chi connectivity index (χ0) is 32.3. The summed E-state index contributed by atoms with van der Waals surface area (Å²) < 4.78 is 18.2. The Morgan fingerprint density at radius 2 is 1.77 bits per heavy atom. The highest BCUT2D eigenvalue weighted by atomic mass is 32.2. The van der Waals surface area contributed by atoms with Crippen molar-refractivity contribution < 1.29 is 33.4 Å². The number of thioether (sulfide) groups is 1. The van der Waals surface area contributed by atoms with Gasteiger partial charge in [-0.3, -0.25) is 19.7 Å². The number of benzene rings is 1. The van der Waals surface area contributed by atoms with E-state index in [4.69, 9.17) is 14.2 Å². The second kappa shape index (κ2) is 13.7. The minimum Gasteiger partial charge on any atom is -0.379 e. The van der Waals surface area contributed by atoms with Gasteiger partial charge < -0.3 is 24.8 Å². The van der Waals surface area contributed by atoms with Crippen molar-refractivity contribution in [3.63, 3.8) is 0 Å². The second-order valence-electron chi connectivity index (χ2n) is 13.5. The molecule has 11 heteroatoms. The van der Waals surface area contributed by atoms with Gasteiger partial charge in [0, 0.05) is 41.9 Å². The van der Waals surface area contributed by atoms with Crippen LogP contribution in [0.5, 0.6) is 0 Å². The van der Waals surface area contributed by atoms with E-state index in [1.165, 1.54) is 17.3 Å². The maximum absolute atomic E-state index is 12.8. The van der Waals surface area contributed by atoms with Crippen LogP contribution in [0.3, 0.4) is 0 Å². The fourth-order valence-electron chi connectivity index (χ4n) is 6.12. The molecular weight excluding hydrogens is 582 g/mol. The number of ketones is 1. The zero-order valence-electron chi connectivity index (χ0n) is 26.9. The van der Waals surface area contributed by atoms with Crippen LogP contribution < -0.4 is 16.0 Å².